The Morgan fingerprint density at radius 2 is 1.83 bits per heavy atom. The van der Waals surface area contributed by atoms with Crippen molar-refractivity contribution in [1.29, 1.82) is 5.26 Å². The lowest BCUT2D eigenvalue weighted by molar-refractivity contribution is -0.142. The Hall–Kier alpha value is -4.97. The monoisotopic (exact) mass is 691 g/mol. The van der Waals surface area contributed by atoms with Gasteiger partial charge in [0.05, 0.1) is 39.4 Å². The number of halogens is 7. The van der Waals surface area contributed by atoms with Crippen molar-refractivity contribution in [2.24, 2.45) is 5.92 Å². The summed E-state index contributed by atoms with van der Waals surface area (Å²) in [6.45, 7) is 9.54. The Bertz CT molecular complexity index is 2040. The van der Waals surface area contributed by atoms with Crippen LogP contribution in [0.3, 0.4) is 0 Å². The predicted molar refractivity (Wildman–Crippen MR) is 169 cm³/mol. The number of carbonyl (C=O) groups is 1. The number of nitrogens with zero attached hydrogens (tertiary/aromatic N) is 5. The highest BCUT2D eigenvalue weighted by Gasteiger charge is 2.43. The summed E-state index contributed by atoms with van der Waals surface area (Å²) in [5.41, 5.74) is -0.771. The second-order valence-corrected chi connectivity index (χ2v) is 12.0. The number of rotatable bonds is 5. The molecular formula is C32H28ClF6N7O2. The van der Waals surface area contributed by atoms with Crippen molar-refractivity contribution in [1.82, 2.24) is 19.8 Å². The minimum absolute atomic E-state index is 0.0637. The van der Waals surface area contributed by atoms with Crippen LogP contribution in [-0.2, 0) is 11.0 Å². The van der Waals surface area contributed by atoms with Gasteiger partial charge in [-0.2, -0.15) is 18.4 Å². The predicted octanol–water partition coefficient (Wildman–Crippen LogP) is 5.81. The number of dihydropyridines is 1. The highest BCUT2D eigenvalue weighted by molar-refractivity contribution is 6.34. The third-order valence-corrected chi connectivity index (χ3v) is 8.65. The number of aromatic nitrogens is 2. The van der Waals surface area contributed by atoms with Crippen LogP contribution < -0.4 is 21.5 Å². The van der Waals surface area contributed by atoms with Gasteiger partial charge in [-0.1, -0.05) is 32.0 Å². The number of nitrogens with one attached hydrogen (secondary N) is 1. The zero-order valence-corrected chi connectivity index (χ0v) is 26.5. The summed E-state index contributed by atoms with van der Waals surface area (Å²) >= 11 is 6.55. The molecule has 2 aromatic heterocycles. The average Bonchev–Trinajstić information content (AvgIpc) is 3.03. The van der Waals surface area contributed by atoms with Gasteiger partial charge in [-0.25, -0.2) is 18.2 Å². The van der Waals surface area contributed by atoms with E-state index in [2.05, 4.69) is 16.9 Å². The van der Waals surface area contributed by atoms with Crippen molar-refractivity contribution >= 4 is 45.6 Å². The van der Waals surface area contributed by atoms with Gasteiger partial charge in [-0.15, -0.1) is 0 Å². The zero-order chi connectivity index (χ0) is 35.4. The number of benzene rings is 1. The lowest BCUT2D eigenvalue weighted by Crippen LogP contribution is -2.49. The first-order valence-electron chi connectivity index (χ1n) is 14.6. The molecule has 252 valence electrons. The summed E-state index contributed by atoms with van der Waals surface area (Å²) in [5.74, 6) is -7.44. The smallest absolute Gasteiger partial charge is 0.396 e. The molecule has 4 heterocycles. The Morgan fingerprint density at radius 1 is 1.19 bits per heavy atom. The minimum Gasteiger partial charge on any atom is -0.396 e. The molecule has 2 aliphatic rings. The second-order valence-electron chi connectivity index (χ2n) is 11.6. The topological polar surface area (TPSA) is 120 Å². The van der Waals surface area contributed by atoms with Crippen LogP contribution in [-0.4, -0.2) is 52.6 Å². The molecule has 1 unspecified atom stereocenters. The highest BCUT2D eigenvalue weighted by Crippen LogP contribution is 2.45. The number of pyridine rings is 2. The zero-order valence-electron chi connectivity index (χ0n) is 25.8. The number of alkyl halides is 3. The van der Waals surface area contributed by atoms with Gasteiger partial charge >= 0.3 is 6.18 Å². The molecule has 2 aliphatic heterocycles. The number of anilines is 2. The third-order valence-electron chi connectivity index (χ3n) is 8.36. The summed E-state index contributed by atoms with van der Waals surface area (Å²) in [6, 6.07) is 2.57. The molecule has 0 aliphatic carbocycles. The van der Waals surface area contributed by atoms with Crippen molar-refractivity contribution in [3.05, 3.63) is 80.5 Å². The number of fused-ring (bicyclic) bond motifs is 1. The van der Waals surface area contributed by atoms with E-state index in [-0.39, 0.29) is 60.3 Å². The summed E-state index contributed by atoms with van der Waals surface area (Å²) in [6.07, 6.45) is -1.20. The second kappa shape index (κ2) is 12.6. The van der Waals surface area contributed by atoms with Gasteiger partial charge in [0, 0.05) is 31.6 Å². The third kappa shape index (κ3) is 5.53. The molecule has 0 radical (unpaired) electrons. The molecule has 1 aromatic carbocycles. The first-order chi connectivity index (χ1) is 22.5. The number of carbonyl (C=O) groups excluding carboxylic acids is 1. The SMILES string of the molecule is C=CC(=O)N1CCN(c2c(C#N)c(=O)n(C3=C(C)C=CNC3C(C)C)c3nc(-c4c(N)c(F)c(F)c(C(F)(F)F)c4F)c(Cl)cc23)CC1. The number of nitrogens with two attached hydrogens (primary N) is 1. The lowest BCUT2D eigenvalue weighted by Gasteiger charge is -2.37. The van der Waals surface area contributed by atoms with E-state index in [1.165, 1.54) is 4.90 Å². The molecule has 1 fully saturated rings. The van der Waals surface area contributed by atoms with Crippen LogP contribution in [0.2, 0.25) is 5.02 Å². The van der Waals surface area contributed by atoms with Crippen LogP contribution in [0.5, 0.6) is 0 Å². The fourth-order valence-electron chi connectivity index (χ4n) is 6.04. The van der Waals surface area contributed by atoms with Crippen LogP contribution in [0.15, 0.2) is 41.4 Å². The van der Waals surface area contributed by atoms with Gasteiger partial charge < -0.3 is 20.9 Å². The number of nitrogen functional groups attached to an aromatic ring is 1. The molecule has 0 saturated carbocycles. The van der Waals surface area contributed by atoms with Gasteiger partial charge in [-0.3, -0.25) is 14.2 Å². The molecule has 1 atom stereocenters. The molecule has 9 nitrogen and oxygen atoms in total. The van der Waals surface area contributed by atoms with E-state index in [0.717, 1.165) is 16.7 Å². The molecular weight excluding hydrogens is 664 g/mol. The molecule has 1 saturated heterocycles. The van der Waals surface area contributed by atoms with Crippen LogP contribution in [0.4, 0.5) is 37.7 Å². The Labute approximate surface area is 275 Å². The van der Waals surface area contributed by atoms with E-state index < -0.39 is 62.8 Å². The van der Waals surface area contributed by atoms with Gasteiger partial charge in [-0.05, 0) is 42.8 Å². The largest absolute Gasteiger partial charge is 0.422 e. The fourth-order valence-corrected chi connectivity index (χ4v) is 6.29. The van der Waals surface area contributed by atoms with E-state index in [0.29, 0.717) is 11.3 Å². The van der Waals surface area contributed by atoms with Crippen molar-refractivity contribution < 1.29 is 31.1 Å². The molecule has 3 N–H and O–H groups in total. The van der Waals surface area contributed by atoms with Crippen LogP contribution >= 0.6 is 11.6 Å². The first-order valence-corrected chi connectivity index (χ1v) is 15.0. The van der Waals surface area contributed by atoms with Crippen molar-refractivity contribution in [3.8, 4) is 17.3 Å². The summed E-state index contributed by atoms with van der Waals surface area (Å²) in [4.78, 5) is 34.1. The molecule has 0 spiro atoms. The number of amides is 1. The van der Waals surface area contributed by atoms with E-state index >= 15 is 4.39 Å². The minimum atomic E-state index is -5.67. The van der Waals surface area contributed by atoms with Crippen molar-refractivity contribution in [2.45, 2.75) is 33.0 Å². The van der Waals surface area contributed by atoms with Gasteiger partial charge in [0.1, 0.15) is 28.7 Å². The average molecular weight is 692 g/mol. The van der Waals surface area contributed by atoms with E-state index in [1.54, 1.807) is 24.1 Å². The molecule has 0 bridgehead atoms. The van der Waals surface area contributed by atoms with E-state index in [1.807, 2.05) is 19.9 Å². The van der Waals surface area contributed by atoms with Crippen LogP contribution in [0.25, 0.3) is 28.0 Å². The highest BCUT2D eigenvalue weighted by atomic mass is 35.5. The summed E-state index contributed by atoms with van der Waals surface area (Å²) in [5, 5.41) is 13.0. The van der Waals surface area contributed by atoms with E-state index in [4.69, 9.17) is 17.3 Å². The van der Waals surface area contributed by atoms with Gasteiger partial charge in [0.15, 0.2) is 11.6 Å². The normalized spacial score (nSPS) is 16.8. The van der Waals surface area contributed by atoms with Gasteiger partial charge in [0.2, 0.25) is 5.91 Å². The van der Waals surface area contributed by atoms with Crippen molar-refractivity contribution in [2.75, 3.05) is 36.8 Å². The number of piperazine rings is 1. The molecule has 1 amide bonds. The number of nitriles is 1. The Kier molecular flexibility index (Phi) is 9.00. The number of hydrogen-bond donors (Lipinski definition) is 2. The van der Waals surface area contributed by atoms with E-state index in [9.17, 15) is 36.8 Å². The summed E-state index contributed by atoms with van der Waals surface area (Å²) < 4.78 is 87.3. The Morgan fingerprint density at radius 3 is 2.40 bits per heavy atom. The Balaban J connectivity index is 1.92. The standard InChI is InChI=1S/C32H28ClF6N7O2/c1-5-19(47)44-8-10-45(11-9-44)29-16-12-18(33)27(20-22(34)21(32(37,38)39)23(35)24(36)25(20)41)43-30(16)46(31(48)17(29)13-40)28-15(4)6-7-42-26(28)14(2)3/h5-7,12,14,26,42H,1,8-11,41H2,2-4H3. The molecule has 48 heavy (non-hydrogen) atoms. The lowest BCUT2D eigenvalue weighted by atomic mass is 9.94. The molecule has 3 aromatic rings. The van der Waals surface area contributed by atoms with Crippen LogP contribution in [0.1, 0.15) is 31.9 Å². The maximum atomic E-state index is 15.6. The maximum Gasteiger partial charge on any atom is 0.422 e. The number of hydrogen-bond acceptors (Lipinski definition) is 7. The maximum absolute atomic E-state index is 15.6. The fraction of sp³-hybridized carbons (Fsp3) is 0.312. The summed E-state index contributed by atoms with van der Waals surface area (Å²) in [7, 11) is 0. The molecule has 5 rings (SSSR count). The van der Waals surface area contributed by atoms with Crippen molar-refractivity contribution in [3.63, 3.8) is 0 Å². The number of allylic oxidation sites excluding steroid dienone is 2. The quantitative estimate of drug-likeness (QED) is 0.150. The van der Waals surface area contributed by atoms with Gasteiger partial charge in [0.25, 0.3) is 5.56 Å². The molecule has 16 heteroatoms. The van der Waals surface area contributed by atoms with Crippen LogP contribution in [0, 0.1) is 34.7 Å². The first kappa shape index (κ1) is 34.4.